The van der Waals surface area contributed by atoms with Crippen LogP contribution in [0.15, 0.2) is 12.2 Å². The fraction of sp³-hybridized carbons (Fsp3) is 0.783. The first-order chi connectivity index (χ1) is 13.3. The highest BCUT2D eigenvalue weighted by molar-refractivity contribution is 6.07. The third kappa shape index (κ3) is 2.40. The molecule has 1 spiro atoms. The summed E-state index contributed by atoms with van der Waals surface area (Å²) in [6.07, 6.45) is 8.02. The molecule has 0 amide bonds. The normalized spacial score (nSPS) is 48.7. The molecule has 0 aromatic heterocycles. The maximum Gasteiger partial charge on any atom is 0.320 e. The summed E-state index contributed by atoms with van der Waals surface area (Å²) in [5.41, 5.74) is -0.901. The molecule has 5 fully saturated rings. The molecule has 0 aromatic carbocycles. The van der Waals surface area contributed by atoms with E-state index in [1.54, 1.807) is 0 Å². The topological polar surface area (TPSA) is 69.7 Å². The Labute approximate surface area is 166 Å². The molecule has 3 saturated carbocycles. The van der Waals surface area contributed by atoms with Gasteiger partial charge in [0.1, 0.15) is 17.6 Å². The first kappa shape index (κ1) is 18.4. The molecule has 6 aliphatic rings. The van der Waals surface area contributed by atoms with Gasteiger partial charge in [-0.2, -0.15) is 0 Å². The van der Waals surface area contributed by atoms with Crippen LogP contribution in [0.1, 0.15) is 52.9 Å². The van der Waals surface area contributed by atoms with Gasteiger partial charge in [0.25, 0.3) is 0 Å². The van der Waals surface area contributed by atoms with Crippen LogP contribution in [0.2, 0.25) is 0 Å². The molecule has 2 saturated heterocycles. The van der Waals surface area contributed by atoms with E-state index in [-0.39, 0.29) is 47.7 Å². The molecule has 152 valence electrons. The number of ether oxygens (including phenoxy) is 2. The van der Waals surface area contributed by atoms with E-state index in [4.69, 9.17) is 9.47 Å². The number of hydrogen-bond donors (Lipinski definition) is 0. The summed E-state index contributed by atoms with van der Waals surface area (Å²) in [6, 6.07) is 0. The molecule has 0 radical (unpaired) electrons. The molecule has 2 aliphatic heterocycles. The minimum Gasteiger partial charge on any atom is -0.461 e. The Kier molecular flexibility index (Phi) is 4.05. The second kappa shape index (κ2) is 6.17. The maximum atomic E-state index is 12.9. The Bertz CT molecular complexity index is 734. The van der Waals surface area contributed by atoms with E-state index in [1.807, 2.05) is 13.8 Å². The summed E-state index contributed by atoms with van der Waals surface area (Å²) in [6.45, 7) is 5.89. The minimum atomic E-state index is -0.901. The van der Waals surface area contributed by atoms with Gasteiger partial charge in [-0.3, -0.25) is 14.4 Å². The number of carbonyl (C=O) groups excluding carboxylic acids is 3. The number of rotatable bonds is 2. The SMILES string of the molecule is CC(C)C(=O)O[C@H]1[C@@H]2C=C[C@H]3C[C@@H]4C[C@H]5CC(=O)[C@]4(C[C@H]3[C@@H]2C[C@H]1C)C(=O)O5. The van der Waals surface area contributed by atoms with Crippen LogP contribution in [-0.4, -0.2) is 29.9 Å². The molecular formula is C23H30O5. The first-order valence-electron chi connectivity index (χ1n) is 10.9. The van der Waals surface area contributed by atoms with Crippen LogP contribution in [-0.2, 0) is 23.9 Å². The van der Waals surface area contributed by atoms with Crippen molar-refractivity contribution >= 4 is 17.7 Å². The third-order valence-corrected chi connectivity index (χ3v) is 8.39. The summed E-state index contributed by atoms with van der Waals surface area (Å²) >= 11 is 0. The smallest absolute Gasteiger partial charge is 0.320 e. The van der Waals surface area contributed by atoms with Crippen molar-refractivity contribution in [1.82, 2.24) is 0 Å². The lowest BCUT2D eigenvalue weighted by Gasteiger charge is -2.56. The van der Waals surface area contributed by atoms with E-state index in [0.29, 0.717) is 36.5 Å². The third-order valence-electron chi connectivity index (χ3n) is 8.39. The predicted octanol–water partition coefficient (Wildman–Crippen LogP) is 3.31. The van der Waals surface area contributed by atoms with Gasteiger partial charge in [-0.15, -0.1) is 0 Å². The highest BCUT2D eigenvalue weighted by atomic mass is 16.6. The zero-order chi connectivity index (χ0) is 19.8. The molecule has 28 heavy (non-hydrogen) atoms. The fourth-order valence-electron chi connectivity index (χ4n) is 7.02. The van der Waals surface area contributed by atoms with Gasteiger partial charge < -0.3 is 9.47 Å². The summed E-state index contributed by atoms with van der Waals surface area (Å²) in [7, 11) is 0. The quantitative estimate of drug-likeness (QED) is 0.414. The molecular weight excluding hydrogens is 356 g/mol. The van der Waals surface area contributed by atoms with Gasteiger partial charge in [-0.1, -0.05) is 32.9 Å². The number of carbonyl (C=O) groups is 3. The van der Waals surface area contributed by atoms with Crippen LogP contribution in [0.4, 0.5) is 0 Å². The zero-order valence-corrected chi connectivity index (χ0v) is 16.9. The summed E-state index contributed by atoms with van der Waals surface area (Å²) in [5.74, 6) is 1.28. The van der Waals surface area contributed by atoms with E-state index >= 15 is 0 Å². The molecule has 2 heterocycles. The predicted molar refractivity (Wildman–Crippen MR) is 101 cm³/mol. The number of ketones is 1. The van der Waals surface area contributed by atoms with Gasteiger partial charge in [0.2, 0.25) is 0 Å². The van der Waals surface area contributed by atoms with Crippen LogP contribution < -0.4 is 0 Å². The zero-order valence-electron chi connectivity index (χ0n) is 16.9. The first-order valence-corrected chi connectivity index (χ1v) is 10.9. The van der Waals surface area contributed by atoms with Crippen molar-refractivity contribution in [1.29, 1.82) is 0 Å². The van der Waals surface area contributed by atoms with E-state index in [1.165, 1.54) is 0 Å². The molecule has 2 bridgehead atoms. The standard InChI is InChI=1S/C23H30O5/c1-11(2)21(25)28-20-12(3)6-17-16(20)5-4-13-7-14-8-15-9-19(24)23(14,10-18(13)17)22(26)27-15/h4-5,11-18,20H,6-10H2,1-3H3/t12-,13+,14-,15+,16-,17-,18-,20-,23-/m1/s1. The number of hydrogen-bond acceptors (Lipinski definition) is 5. The second-order valence-corrected chi connectivity index (χ2v) is 10.2. The number of esters is 2. The summed E-state index contributed by atoms with van der Waals surface area (Å²) in [5, 5.41) is 0. The van der Waals surface area contributed by atoms with E-state index in [0.717, 1.165) is 19.3 Å². The van der Waals surface area contributed by atoms with Gasteiger partial charge in [0.15, 0.2) is 5.78 Å². The van der Waals surface area contributed by atoms with Crippen LogP contribution in [0.25, 0.3) is 0 Å². The highest BCUT2D eigenvalue weighted by Gasteiger charge is 2.66. The number of Topliss-reactive ketones (excluding diaryl/α,β-unsaturated/α-hetero) is 1. The van der Waals surface area contributed by atoms with Gasteiger partial charge in [-0.05, 0) is 55.3 Å². The van der Waals surface area contributed by atoms with Crippen LogP contribution >= 0.6 is 0 Å². The summed E-state index contributed by atoms with van der Waals surface area (Å²) < 4.78 is 11.5. The Balaban J connectivity index is 1.44. The summed E-state index contributed by atoms with van der Waals surface area (Å²) in [4.78, 5) is 38.0. The molecule has 5 nitrogen and oxygen atoms in total. The Hall–Kier alpha value is -1.65. The van der Waals surface area contributed by atoms with Crippen molar-refractivity contribution in [3.63, 3.8) is 0 Å². The fourth-order valence-corrected chi connectivity index (χ4v) is 7.02. The monoisotopic (exact) mass is 386 g/mol. The van der Waals surface area contributed by atoms with Crippen molar-refractivity contribution in [2.75, 3.05) is 0 Å². The second-order valence-electron chi connectivity index (χ2n) is 10.2. The Morgan fingerprint density at radius 3 is 2.68 bits per heavy atom. The van der Waals surface area contributed by atoms with Crippen LogP contribution in [0, 0.1) is 46.8 Å². The van der Waals surface area contributed by atoms with Gasteiger partial charge in [0.05, 0.1) is 5.92 Å². The van der Waals surface area contributed by atoms with Crippen molar-refractivity contribution < 1.29 is 23.9 Å². The lowest BCUT2D eigenvalue weighted by atomic mass is 9.49. The molecule has 4 aliphatic carbocycles. The van der Waals surface area contributed by atoms with Crippen molar-refractivity contribution in [2.24, 2.45) is 46.8 Å². The van der Waals surface area contributed by atoms with Crippen molar-refractivity contribution in [3.05, 3.63) is 12.2 Å². The van der Waals surface area contributed by atoms with Gasteiger partial charge >= 0.3 is 11.9 Å². The van der Waals surface area contributed by atoms with E-state index < -0.39 is 5.41 Å². The lowest BCUT2D eigenvalue weighted by molar-refractivity contribution is -0.202. The number of allylic oxidation sites excluding steroid dienone is 1. The average Bonchev–Trinajstić information content (AvgIpc) is 2.95. The van der Waals surface area contributed by atoms with E-state index in [9.17, 15) is 14.4 Å². The van der Waals surface area contributed by atoms with Crippen molar-refractivity contribution in [2.45, 2.75) is 65.1 Å². The minimum absolute atomic E-state index is 0.0999. The highest BCUT2D eigenvalue weighted by Crippen LogP contribution is 2.61. The largest absolute Gasteiger partial charge is 0.461 e. The Morgan fingerprint density at radius 1 is 1.18 bits per heavy atom. The number of fused-ring (bicyclic) bond motifs is 5. The maximum absolute atomic E-state index is 12.9. The molecule has 9 atom stereocenters. The molecule has 5 heteroatoms. The molecule has 0 aromatic rings. The van der Waals surface area contributed by atoms with Crippen molar-refractivity contribution in [3.8, 4) is 0 Å². The van der Waals surface area contributed by atoms with E-state index in [2.05, 4.69) is 19.1 Å². The molecule has 6 rings (SSSR count). The molecule has 0 N–H and O–H groups in total. The van der Waals surface area contributed by atoms with Crippen LogP contribution in [0.3, 0.4) is 0 Å². The van der Waals surface area contributed by atoms with Gasteiger partial charge in [-0.25, -0.2) is 0 Å². The Morgan fingerprint density at radius 2 is 1.96 bits per heavy atom. The van der Waals surface area contributed by atoms with Crippen LogP contribution in [0.5, 0.6) is 0 Å². The van der Waals surface area contributed by atoms with Gasteiger partial charge in [0, 0.05) is 12.3 Å². The lowest BCUT2D eigenvalue weighted by Crippen LogP contribution is -2.62. The molecule has 0 unspecified atom stereocenters. The average molecular weight is 386 g/mol.